The zero-order valence-corrected chi connectivity index (χ0v) is 15.9. The summed E-state index contributed by atoms with van der Waals surface area (Å²) >= 11 is 0. The molecule has 0 radical (unpaired) electrons. The molecular formula is C23H22FNO3. The predicted octanol–water partition coefficient (Wildman–Crippen LogP) is 4.31. The number of halogens is 1. The Morgan fingerprint density at radius 3 is 2.61 bits per heavy atom. The zero-order valence-electron chi connectivity index (χ0n) is 15.9. The van der Waals surface area contributed by atoms with Crippen LogP contribution in [0, 0.1) is 5.82 Å². The predicted molar refractivity (Wildman–Crippen MR) is 107 cm³/mol. The first-order chi connectivity index (χ1) is 13.4. The highest BCUT2D eigenvalue weighted by molar-refractivity contribution is 6.32. The van der Waals surface area contributed by atoms with Gasteiger partial charge < -0.3 is 15.2 Å². The van der Waals surface area contributed by atoms with Crippen molar-refractivity contribution in [3.8, 4) is 0 Å². The van der Waals surface area contributed by atoms with Gasteiger partial charge in [0.25, 0.3) is 5.91 Å². The fraction of sp³-hybridized carbons (Fsp3) is 0.261. The molecule has 144 valence electrons. The minimum atomic E-state index is -0.599. The van der Waals surface area contributed by atoms with Gasteiger partial charge in [-0.25, -0.2) is 4.39 Å². The van der Waals surface area contributed by atoms with Gasteiger partial charge in [0.15, 0.2) is 0 Å². The summed E-state index contributed by atoms with van der Waals surface area (Å²) in [6, 6.07) is 12.4. The summed E-state index contributed by atoms with van der Waals surface area (Å²) in [5, 5.41) is 11.7. The number of carbonyl (C=O) groups is 1. The van der Waals surface area contributed by atoms with E-state index in [-0.39, 0.29) is 12.5 Å². The smallest absolute Gasteiger partial charge is 0.260 e. The number of allylic oxidation sites excluding steroid dienone is 1. The molecule has 5 heteroatoms. The molecule has 2 aliphatic heterocycles. The number of hydrogen-bond acceptors (Lipinski definition) is 3. The lowest BCUT2D eigenvalue weighted by molar-refractivity contribution is -0.111. The van der Waals surface area contributed by atoms with Crippen LogP contribution >= 0.6 is 0 Å². The Labute approximate surface area is 163 Å². The normalized spacial score (nSPS) is 19.9. The van der Waals surface area contributed by atoms with Gasteiger partial charge >= 0.3 is 0 Å². The second-order valence-electron chi connectivity index (χ2n) is 7.58. The number of benzene rings is 2. The molecule has 0 saturated heterocycles. The first kappa shape index (κ1) is 18.4. The summed E-state index contributed by atoms with van der Waals surface area (Å²) in [4.78, 5) is 12.5. The fourth-order valence-electron chi connectivity index (χ4n) is 3.74. The highest BCUT2D eigenvalue weighted by atomic mass is 19.1. The van der Waals surface area contributed by atoms with Gasteiger partial charge in [0, 0.05) is 17.7 Å². The van der Waals surface area contributed by atoms with Crippen molar-refractivity contribution >= 4 is 22.7 Å². The molecule has 2 aliphatic rings. The van der Waals surface area contributed by atoms with Crippen molar-refractivity contribution in [2.75, 3.05) is 11.9 Å². The lowest BCUT2D eigenvalue weighted by Crippen LogP contribution is -2.21. The van der Waals surface area contributed by atoms with Crippen molar-refractivity contribution in [2.45, 2.75) is 32.3 Å². The van der Waals surface area contributed by atoms with Crippen LogP contribution in [0.3, 0.4) is 0 Å². The number of carbonyl (C=O) groups excluding carboxylic acids is 1. The van der Waals surface area contributed by atoms with Gasteiger partial charge in [-0.05, 0) is 62.1 Å². The van der Waals surface area contributed by atoms with E-state index in [2.05, 4.69) is 5.32 Å². The van der Waals surface area contributed by atoms with Crippen LogP contribution in [0.25, 0.3) is 11.1 Å². The number of ether oxygens (including phenoxy) is 1. The van der Waals surface area contributed by atoms with Crippen molar-refractivity contribution < 1.29 is 19.0 Å². The second kappa shape index (κ2) is 6.91. The molecule has 2 aromatic rings. The van der Waals surface area contributed by atoms with E-state index in [9.17, 15) is 9.18 Å². The number of aryl methyl sites for hydroxylation is 1. The van der Waals surface area contributed by atoms with Crippen LogP contribution in [0.4, 0.5) is 10.1 Å². The van der Waals surface area contributed by atoms with Crippen molar-refractivity contribution in [1.29, 1.82) is 0 Å². The summed E-state index contributed by atoms with van der Waals surface area (Å²) < 4.78 is 19.6. The van der Waals surface area contributed by atoms with E-state index in [4.69, 9.17) is 9.84 Å². The van der Waals surface area contributed by atoms with Crippen LogP contribution in [0.15, 0.2) is 54.3 Å². The Hall–Kier alpha value is -2.92. The van der Waals surface area contributed by atoms with E-state index in [0.29, 0.717) is 22.6 Å². The van der Waals surface area contributed by atoms with Gasteiger partial charge in [-0.2, -0.15) is 0 Å². The molecule has 0 unspecified atom stereocenters. The number of fused-ring (bicyclic) bond motifs is 1. The molecule has 4 rings (SSSR count). The van der Waals surface area contributed by atoms with Crippen LogP contribution in [-0.4, -0.2) is 23.2 Å². The molecule has 0 spiro atoms. The van der Waals surface area contributed by atoms with E-state index in [0.717, 1.165) is 24.0 Å². The van der Waals surface area contributed by atoms with Gasteiger partial charge in [0.05, 0.1) is 11.3 Å². The molecule has 1 amide bonds. The molecule has 2 aromatic carbocycles. The molecule has 4 nitrogen and oxygen atoms in total. The summed E-state index contributed by atoms with van der Waals surface area (Å²) in [5.74, 6) is -0.189. The first-order valence-corrected chi connectivity index (χ1v) is 9.36. The molecule has 0 atom stereocenters. The van der Waals surface area contributed by atoms with Gasteiger partial charge in [-0.15, -0.1) is 0 Å². The Morgan fingerprint density at radius 1 is 1.14 bits per heavy atom. The maximum atomic E-state index is 13.5. The largest absolute Gasteiger partial charge is 0.482 e. The van der Waals surface area contributed by atoms with Gasteiger partial charge in [-0.1, -0.05) is 24.3 Å². The van der Waals surface area contributed by atoms with Crippen molar-refractivity contribution in [3.05, 3.63) is 76.8 Å². The number of amides is 1. The van der Waals surface area contributed by atoms with Crippen LogP contribution in [0.5, 0.6) is 0 Å². The van der Waals surface area contributed by atoms with E-state index in [1.54, 1.807) is 6.07 Å². The third-order valence-electron chi connectivity index (χ3n) is 5.15. The van der Waals surface area contributed by atoms with Crippen molar-refractivity contribution in [3.63, 3.8) is 0 Å². The van der Waals surface area contributed by atoms with Crippen molar-refractivity contribution in [2.24, 2.45) is 0 Å². The first-order valence-electron chi connectivity index (χ1n) is 9.36. The van der Waals surface area contributed by atoms with Crippen LogP contribution in [-0.2, 0) is 16.0 Å². The third kappa shape index (κ3) is 3.22. The molecule has 0 aromatic heterocycles. The average molecular weight is 379 g/mol. The number of hydrogen-bond donors (Lipinski definition) is 2. The minimum absolute atomic E-state index is 0.179. The molecule has 0 saturated carbocycles. The Kier molecular flexibility index (Phi) is 4.55. The van der Waals surface area contributed by atoms with Gasteiger partial charge in [0.2, 0.25) is 0 Å². The van der Waals surface area contributed by atoms with Gasteiger partial charge in [0.1, 0.15) is 17.2 Å². The molecular weight excluding hydrogens is 357 g/mol. The number of nitrogens with one attached hydrogen (secondary N) is 1. The quantitative estimate of drug-likeness (QED) is 0.779. The lowest BCUT2D eigenvalue weighted by Gasteiger charge is -2.23. The van der Waals surface area contributed by atoms with E-state index >= 15 is 0 Å². The monoisotopic (exact) mass is 379 g/mol. The molecule has 2 heterocycles. The molecule has 0 bridgehead atoms. The third-order valence-corrected chi connectivity index (χ3v) is 5.15. The highest BCUT2D eigenvalue weighted by Crippen LogP contribution is 2.44. The summed E-state index contributed by atoms with van der Waals surface area (Å²) in [6.07, 6.45) is 3.47. The number of aliphatic hydroxyl groups excluding tert-OH is 1. The number of aliphatic hydroxyl groups is 1. The average Bonchev–Trinajstić information content (AvgIpc) is 3.14. The van der Waals surface area contributed by atoms with Crippen LogP contribution < -0.4 is 5.32 Å². The van der Waals surface area contributed by atoms with E-state index in [1.807, 2.05) is 44.2 Å². The fourth-order valence-corrected chi connectivity index (χ4v) is 3.74. The van der Waals surface area contributed by atoms with Crippen LogP contribution in [0.1, 0.15) is 37.0 Å². The summed E-state index contributed by atoms with van der Waals surface area (Å²) in [6.45, 7) is 4.10. The topological polar surface area (TPSA) is 58.6 Å². The van der Waals surface area contributed by atoms with E-state index < -0.39 is 11.4 Å². The van der Waals surface area contributed by atoms with E-state index in [1.165, 1.54) is 17.7 Å². The lowest BCUT2D eigenvalue weighted by atomic mass is 9.91. The maximum Gasteiger partial charge on any atom is 0.260 e. The standard InChI is InChI=1S/C23H22FNO3/c1-23(2)18(15-7-5-14(6-8-15)4-3-11-26)13-20(28-23)21-17-10-9-16(24)12-19(17)25-22(21)27/h5-10,12-13,26H,3-4,11H2,1-2H3,(H,25,27). The number of anilines is 1. The summed E-state index contributed by atoms with van der Waals surface area (Å²) in [7, 11) is 0. The maximum absolute atomic E-state index is 13.5. The zero-order chi connectivity index (χ0) is 19.9. The summed E-state index contributed by atoms with van der Waals surface area (Å²) in [5.41, 5.74) is 4.10. The highest BCUT2D eigenvalue weighted by Gasteiger charge is 2.37. The number of rotatable bonds is 4. The Balaban J connectivity index is 1.73. The van der Waals surface area contributed by atoms with Crippen molar-refractivity contribution in [1.82, 2.24) is 0 Å². The molecule has 0 fully saturated rings. The minimum Gasteiger partial charge on any atom is -0.482 e. The Bertz CT molecular complexity index is 1000. The molecule has 2 N–H and O–H groups in total. The molecule has 28 heavy (non-hydrogen) atoms. The molecule has 0 aliphatic carbocycles. The second-order valence-corrected chi connectivity index (χ2v) is 7.58. The van der Waals surface area contributed by atoms with Crippen LogP contribution in [0.2, 0.25) is 0 Å². The Morgan fingerprint density at radius 2 is 1.89 bits per heavy atom. The van der Waals surface area contributed by atoms with Gasteiger partial charge in [-0.3, -0.25) is 4.79 Å². The SMILES string of the molecule is CC1(C)OC(=C2C(=O)Nc3cc(F)ccc32)C=C1c1ccc(CCCO)cc1.